The van der Waals surface area contributed by atoms with E-state index in [1.807, 2.05) is 0 Å². The molecule has 2 aromatic rings. The fourth-order valence-electron chi connectivity index (χ4n) is 2.04. The van der Waals surface area contributed by atoms with Crippen LogP contribution in [0.15, 0.2) is 28.8 Å². The normalized spacial score (nSPS) is 13.8. The molecule has 100 valence electrons. The Labute approximate surface area is 112 Å². The number of nitrogens with zero attached hydrogens (tertiary/aromatic N) is 2. The Morgan fingerprint density at radius 3 is 2.50 bits per heavy atom. The van der Waals surface area contributed by atoms with Crippen molar-refractivity contribution in [3.8, 4) is 0 Å². The van der Waals surface area contributed by atoms with Gasteiger partial charge < -0.3 is 9.63 Å². The van der Waals surface area contributed by atoms with E-state index >= 15 is 0 Å². The molecule has 2 amide bonds. The molecule has 1 aliphatic heterocycles. The molecule has 0 fully saturated rings. The molecule has 20 heavy (non-hydrogen) atoms. The van der Waals surface area contributed by atoms with Crippen LogP contribution in [0, 0.1) is 6.92 Å². The van der Waals surface area contributed by atoms with Crippen LogP contribution in [0.2, 0.25) is 0 Å². The molecule has 0 spiro atoms. The lowest BCUT2D eigenvalue weighted by atomic mass is 10.1. The third-order valence-electron chi connectivity index (χ3n) is 2.98. The number of hydrogen-bond donors (Lipinski definition) is 1. The quantitative estimate of drug-likeness (QED) is 0.831. The molecule has 0 atom stereocenters. The van der Waals surface area contributed by atoms with E-state index in [2.05, 4.69) is 5.16 Å². The number of aromatic nitrogens is 1. The smallest absolute Gasteiger partial charge is 0.335 e. The summed E-state index contributed by atoms with van der Waals surface area (Å²) in [4.78, 5) is 36.2. The lowest BCUT2D eigenvalue weighted by molar-refractivity contribution is 0.0696. The number of aryl methyl sites for hydroxylation is 1. The number of fused-ring (bicyclic) bond motifs is 1. The summed E-state index contributed by atoms with van der Waals surface area (Å²) in [5, 5.41) is 12.5. The van der Waals surface area contributed by atoms with E-state index in [0.29, 0.717) is 5.76 Å². The minimum atomic E-state index is -1.16. The Morgan fingerprint density at radius 2 is 1.90 bits per heavy atom. The number of anilines is 1. The number of carboxylic acids is 1. The van der Waals surface area contributed by atoms with Crippen molar-refractivity contribution >= 4 is 23.6 Å². The second-order valence-corrected chi connectivity index (χ2v) is 4.31. The Kier molecular flexibility index (Phi) is 2.43. The maximum atomic E-state index is 12.2. The molecule has 7 nitrogen and oxygen atoms in total. The fourth-order valence-corrected chi connectivity index (χ4v) is 2.04. The fraction of sp³-hybridized carbons (Fsp3) is 0.0769. The van der Waals surface area contributed by atoms with E-state index in [1.54, 1.807) is 6.92 Å². The van der Waals surface area contributed by atoms with Crippen LogP contribution in [0.1, 0.15) is 36.8 Å². The van der Waals surface area contributed by atoms with E-state index < -0.39 is 17.8 Å². The second kappa shape index (κ2) is 4.02. The van der Waals surface area contributed by atoms with Crippen molar-refractivity contribution in [2.45, 2.75) is 6.92 Å². The summed E-state index contributed by atoms with van der Waals surface area (Å²) in [6.45, 7) is 1.64. The molecule has 0 aliphatic carbocycles. The average Bonchev–Trinajstić information content (AvgIpc) is 2.93. The van der Waals surface area contributed by atoms with Crippen molar-refractivity contribution in [1.29, 1.82) is 0 Å². The highest BCUT2D eigenvalue weighted by molar-refractivity contribution is 6.34. The van der Waals surface area contributed by atoms with Crippen molar-refractivity contribution in [3.05, 3.63) is 46.7 Å². The zero-order valence-electron chi connectivity index (χ0n) is 10.3. The van der Waals surface area contributed by atoms with Crippen molar-refractivity contribution in [3.63, 3.8) is 0 Å². The topological polar surface area (TPSA) is 101 Å². The van der Waals surface area contributed by atoms with Gasteiger partial charge in [-0.2, -0.15) is 0 Å². The second-order valence-electron chi connectivity index (χ2n) is 4.31. The van der Waals surface area contributed by atoms with Gasteiger partial charge in [-0.05, 0) is 25.1 Å². The van der Waals surface area contributed by atoms with Gasteiger partial charge in [0.1, 0.15) is 5.76 Å². The van der Waals surface area contributed by atoms with Crippen molar-refractivity contribution in [1.82, 2.24) is 5.16 Å². The molecule has 2 heterocycles. The number of imide groups is 1. The zero-order chi connectivity index (χ0) is 14.4. The third kappa shape index (κ3) is 1.60. The van der Waals surface area contributed by atoms with Crippen LogP contribution < -0.4 is 4.90 Å². The zero-order valence-corrected chi connectivity index (χ0v) is 10.3. The first-order chi connectivity index (χ1) is 9.49. The van der Waals surface area contributed by atoms with E-state index in [1.165, 1.54) is 24.3 Å². The van der Waals surface area contributed by atoms with E-state index in [9.17, 15) is 14.4 Å². The van der Waals surface area contributed by atoms with Gasteiger partial charge in [0.2, 0.25) is 0 Å². The highest BCUT2D eigenvalue weighted by atomic mass is 16.5. The number of carbonyl (C=O) groups is 3. The molecule has 1 aromatic heterocycles. The van der Waals surface area contributed by atoms with Gasteiger partial charge in [0, 0.05) is 6.07 Å². The first-order valence-electron chi connectivity index (χ1n) is 5.68. The van der Waals surface area contributed by atoms with Gasteiger partial charge in [0.25, 0.3) is 11.8 Å². The molecule has 1 aromatic carbocycles. The van der Waals surface area contributed by atoms with E-state index in [4.69, 9.17) is 9.63 Å². The van der Waals surface area contributed by atoms with Gasteiger partial charge in [0.15, 0.2) is 5.82 Å². The average molecular weight is 272 g/mol. The maximum Gasteiger partial charge on any atom is 0.335 e. The summed E-state index contributed by atoms with van der Waals surface area (Å²) >= 11 is 0. The number of amides is 2. The molecule has 0 unspecified atom stereocenters. The SMILES string of the molecule is Cc1cc(N2C(=O)c3ccc(C(=O)O)cc3C2=O)no1. The summed E-state index contributed by atoms with van der Waals surface area (Å²) in [5.41, 5.74) is 0.152. The summed E-state index contributed by atoms with van der Waals surface area (Å²) in [6, 6.07) is 5.25. The minimum Gasteiger partial charge on any atom is -0.478 e. The predicted molar refractivity (Wildman–Crippen MR) is 65.8 cm³/mol. The van der Waals surface area contributed by atoms with Gasteiger partial charge in [-0.15, -0.1) is 0 Å². The third-order valence-corrected chi connectivity index (χ3v) is 2.98. The molecular weight excluding hydrogens is 264 g/mol. The highest BCUT2D eigenvalue weighted by Crippen LogP contribution is 2.28. The van der Waals surface area contributed by atoms with Crippen molar-refractivity contribution in [2.24, 2.45) is 0 Å². The molecule has 1 aliphatic rings. The minimum absolute atomic E-state index is 0.0514. The molecule has 7 heteroatoms. The van der Waals surface area contributed by atoms with Crippen LogP contribution in [0.5, 0.6) is 0 Å². The Balaban J connectivity index is 2.10. The lowest BCUT2D eigenvalue weighted by Crippen LogP contribution is -2.29. The Hall–Kier alpha value is -2.96. The van der Waals surface area contributed by atoms with Gasteiger partial charge >= 0.3 is 5.97 Å². The number of aromatic carboxylic acids is 1. The maximum absolute atomic E-state index is 12.2. The lowest BCUT2D eigenvalue weighted by Gasteiger charge is -2.07. The summed E-state index contributed by atoms with van der Waals surface area (Å²) in [5.74, 6) is -1.77. The van der Waals surface area contributed by atoms with E-state index in [0.717, 1.165) is 4.90 Å². The number of carbonyl (C=O) groups excluding carboxylic acids is 2. The molecule has 0 bridgehead atoms. The summed E-state index contributed by atoms with van der Waals surface area (Å²) in [7, 11) is 0. The molecule has 0 saturated heterocycles. The van der Waals surface area contributed by atoms with Gasteiger partial charge in [0.05, 0.1) is 16.7 Å². The van der Waals surface area contributed by atoms with Crippen LogP contribution >= 0.6 is 0 Å². The van der Waals surface area contributed by atoms with Crippen LogP contribution in [0.4, 0.5) is 5.82 Å². The van der Waals surface area contributed by atoms with Crippen LogP contribution in [0.25, 0.3) is 0 Å². The Bertz CT molecular complexity index is 762. The van der Waals surface area contributed by atoms with Crippen LogP contribution in [-0.2, 0) is 0 Å². The molecule has 1 N–H and O–H groups in total. The van der Waals surface area contributed by atoms with Gasteiger partial charge in [-0.25, -0.2) is 9.69 Å². The number of rotatable bonds is 2. The molecule has 0 radical (unpaired) electrons. The van der Waals surface area contributed by atoms with Crippen LogP contribution in [-0.4, -0.2) is 28.0 Å². The highest BCUT2D eigenvalue weighted by Gasteiger charge is 2.38. The number of carboxylic acid groups (broad SMARTS) is 1. The van der Waals surface area contributed by atoms with Crippen molar-refractivity contribution in [2.75, 3.05) is 4.90 Å². The largest absolute Gasteiger partial charge is 0.478 e. The standard InChI is InChI=1S/C13H8N2O5/c1-6-4-10(14-20-6)15-11(16)8-3-2-7(13(18)19)5-9(8)12(15)17/h2-5H,1H3,(H,18,19). The monoisotopic (exact) mass is 272 g/mol. The Morgan fingerprint density at radius 1 is 1.20 bits per heavy atom. The summed E-state index contributed by atoms with van der Waals surface area (Å²) in [6.07, 6.45) is 0. The molecule has 0 saturated carbocycles. The van der Waals surface area contributed by atoms with Crippen molar-refractivity contribution < 1.29 is 24.0 Å². The van der Waals surface area contributed by atoms with Crippen LogP contribution in [0.3, 0.4) is 0 Å². The first-order valence-corrected chi connectivity index (χ1v) is 5.68. The number of benzene rings is 1. The predicted octanol–water partition coefficient (Wildman–Crippen LogP) is 1.48. The summed E-state index contributed by atoms with van der Waals surface area (Å²) < 4.78 is 4.84. The van der Waals surface area contributed by atoms with Gasteiger partial charge in [-0.3, -0.25) is 9.59 Å². The van der Waals surface area contributed by atoms with Gasteiger partial charge in [-0.1, -0.05) is 5.16 Å². The first kappa shape index (κ1) is 12.1. The molecule has 3 rings (SSSR count). The molecular formula is C13H8N2O5. The van der Waals surface area contributed by atoms with E-state index in [-0.39, 0.29) is 22.5 Å². The number of hydrogen-bond acceptors (Lipinski definition) is 5.